The number of anilines is 1. The largest absolute Gasteiger partial charge is 0.457 e. The van der Waals surface area contributed by atoms with Crippen molar-refractivity contribution in [1.82, 2.24) is 0 Å². The SMILES string of the molecule is Cc1ccc(N2C[C@@H](C(=O)OCC(=O)c3ccc([N+](=O)[O-])cc3)CC2=O)cc1[N+](=O)[O-]. The minimum atomic E-state index is -0.822. The Morgan fingerprint density at radius 3 is 2.39 bits per heavy atom. The summed E-state index contributed by atoms with van der Waals surface area (Å²) >= 11 is 0. The summed E-state index contributed by atoms with van der Waals surface area (Å²) in [6.45, 7) is 0.983. The van der Waals surface area contributed by atoms with Gasteiger partial charge in [0.05, 0.1) is 21.5 Å². The zero-order chi connectivity index (χ0) is 22.7. The molecule has 0 aliphatic carbocycles. The highest BCUT2D eigenvalue weighted by Gasteiger charge is 2.37. The molecule has 11 nitrogen and oxygen atoms in total. The molecule has 0 unspecified atom stereocenters. The van der Waals surface area contributed by atoms with Gasteiger partial charge < -0.3 is 9.64 Å². The van der Waals surface area contributed by atoms with Crippen molar-refractivity contribution in [3.05, 3.63) is 73.8 Å². The fourth-order valence-corrected chi connectivity index (χ4v) is 3.18. The van der Waals surface area contributed by atoms with Gasteiger partial charge in [0, 0.05) is 42.3 Å². The highest BCUT2D eigenvalue weighted by atomic mass is 16.6. The molecule has 0 saturated carbocycles. The van der Waals surface area contributed by atoms with Crippen molar-refractivity contribution in [3.8, 4) is 0 Å². The van der Waals surface area contributed by atoms with Gasteiger partial charge in [-0.1, -0.05) is 6.07 Å². The van der Waals surface area contributed by atoms with Crippen molar-refractivity contribution in [2.45, 2.75) is 13.3 Å². The summed E-state index contributed by atoms with van der Waals surface area (Å²) in [4.78, 5) is 58.7. The number of ketones is 1. The third-order valence-electron chi connectivity index (χ3n) is 4.91. The smallest absolute Gasteiger partial charge is 0.311 e. The molecule has 11 heteroatoms. The molecule has 1 saturated heterocycles. The van der Waals surface area contributed by atoms with Crippen LogP contribution in [0.15, 0.2) is 42.5 Å². The normalized spacial score (nSPS) is 15.6. The van der Waals surface area contributed by atoms with E-state index in [4.69, 9.17) is 4.74 Å². The van der Waals surface area contributed by atoms with Crippen LogP contribution in [0.4, 0.5) is 17.1 Å². The summed E-state index contributed by atoms with van der Waals surface area (Å²) in [5.41, 5.74) is 0.592. The van der Waals surface area contributed by atoms with Crippen LogP contribution in [0.2, 0.25) is 0 Å². The third kappa shape index (κ3) is 4.71. The maximum absolute atomic E-state index is 12.3. The van der Waals surface area contributed by atoms with E-state index in [1.807, 2.05) is 0 Å². The van der Waals surface area contributed by atoms with E-state index in [1.165, 1.54) is 41.3 Å². The van der Waals surface area contributed by atoms with Crippen molar-refractivity contribution < 1.29 is 29.0 Å². The van der Waals surface area contributed by atoms with Crippen LogP contribution in [-0.4, -0.2) is 40.7 Å². The number of Topliss-reactive ketones (excluding diaryl/α,β-unsaturated/α-hetero) is 1. The standard InChI is InChI=1S/C20H17N3O8/c1-12-2-5-16(9-17(12)23(29)30)21-10-14(8-19(21)25)20(26)31-11-18(24)13-3-6-15(7-4-13)22(27)28/h2-7,9,14H,8,10-11H2,1H3/t14-/m0/s1. The van der Waals surface area contributed by atoms with Gasteiger partial charge in [-0.15, -0.1) is 0 Å². The lowest BCUT2D eigenvalue weighted by Crippen LogP contribution is -2.27. The second-order valence-electron chi connectivity index (χ2n) is 6.97. The Morgan fingerprint density at radius 1 is 1.10 bits per heavy atom. The van der Waals surface area contributed by atoms with E-state index in [1.54, 1.807) is 13.0 Å². The van der Waals surface area contributed by atoms with Crippen molar-refractivity contribution in [2.75, 3.05) is 18.1 Å². The van der Waals surface area contributed by atoms with Crippen LogP contribution < -0.4 is 4.90 Å². The van der Waals surface area contributed by atoms with Crippen LogP contribution >= 0.6 is 0 Å². The number of nitro groups is 2. The molecule has 1 heterocycles. The van der Waals surface area contributed by atoms with Crippen LogP contribution in [0.5, 0.6) is 0 Å². The first-order valence-electron chi connectivity index (χ1n) is 9.17. The van der Waals surface area contributed by atoms with Gasteiger partial charge in [0.25, 0.3) is 11.4 Å². The summed E-state index contributed by atoms with van der Waals surface area (Å²) in [7, 11) is 0. The first kappa shape index (κ1) is 21.6. The Labute approximate surface area is 175 Å². The number of nitrogens with zero attached hydrogens (tertiary/aromatic N) is 3. The van der Waals surface area contributed by atoms with Gasteiger partial charge in [-0.3, -0.25) is 34.6 Å². The Balaban J connectivity index is 1.61. The lowest BCUT2D eigenvalue weighted by atomic mass is 10.1. The molecule has 0 N–H and O–H groups in total. The molecule has 160 valence electrons. The molecular formula is C20H17N3O8. The van der Waals surface area contributed by atoms with Crippen LogP contribution in [0.1, 0.15) is 22.3 Å². The van der Waals surface area contributed by atoms with Crippen LogP contribution in [0.25, 0.3) is 0 Å². The van der Waals surface area contributed by atoms with Crippen molar-refractivity contribution in [1.29, 1.82) is 0 Å². The monoisotopic (exact) mass is 427 g/mol. The van der Waals surface area contributed by atoms with Gasteiger partial charge in [0.2, 0.25) is 5.91 Å². The minimum Gasteiger partial charge on any atom is -0.457 e. The molecule has 31 heavy (non-hydrogen) atoms. The Morgan fingerprint density at radius 2 is 1.77 bits per heavy atom. The molecule has 1 fully saturated rings. The predicted molar refractivity (Wildman–Crippen MR) is 107 cm³/mol. The third-order valence-corrected chi connectivity index (χ3v) is 4.91. The summed E-state index contributed by atoms with van der Waals surface area (Å²) in [6.07, 6.45) is -0.147. The van der Waals surface area contributed by atoms with Gasteiger partial charge >= 0.3 is 5.97 Å². The lowest BCUT2D eigenvalue weighted by molar-refractivity contribution is -0.385. The van der Waals surface area contributed by atoms with E-state index in [2.05, 4.69) is 0 Å². The van der Waals surface area contributed by atoms with Crippen LogP contribution in [0, 0.1) is 33.1 Å². The maximum atomic E-state index is 12.3. The van der Waals surface area contributed by atoms with Crippen LogP contribution in [0.3, 0.4) is 0 Å². The topological polar surface area (TPSA) is 150 Å². The fraction of sp³-hybridized carbons (Fsp3) is 0.250. The van der Waals surface area contributed by atoms with E-state index in [-0.39, 0.29) is 35.8 Å². The summed E-state index contributed by atoms with van der Waals surface area (Å²) < 4.78 is 5.02. The zero-order valence-electron chi connectivity index (χ0n) is 16.3. The van der Waals surface area contributed by atoms with E-state index in [9.17, 15) is 34.6 Å². The van der Waals surface area contributed by atoms with E-state index < -0.39 is 34.1 Å². The fourth-order valence-electron chi connectivity index (χ4n) is 3.18. The second kappa shape index (κ2) is 8.69. The number of aryl methyl sites for hydroxylation is 1. The molecule has 1 aliphatic heterocycles. The number of non-ortho nitro benzene ring substituents is 1. The van der Waals surface area contributed by atoms with Gasteiger partial charge in [0.15, 0.2) is 12.4 Å². The number of hydrogen-bond acceptors (Lipinski definition) is 8. The highest BCUT2D eigenvalue weighted by molar-refractivity contribution is 6.01. The number of carbonyl (C=O) groups excluding carboxylic acids is 3. The minimum absolute atomic E-state index is 0.0242. The molecule has 1 aliphatic rings. The Kier molecular flexibility index (Phi) is 6.05. The molecule has 0 spiro atoms. The van der Waals surface area contributed by atoms with E-state index in [0.29, 0.717) is 11.3 Å². The van der Waals surface area contributed by atoms with Crippen molar-refractivity contribution in [2.24, 2.45) is 5.92 Å². The summed E-state index contributed by atoms with van der Waals surface area (Å²) in [5.74, 6) is -2.49. The highest BCUT2D eigenvalue weighted by Crippen LogP contribution is 2.30. The molecule has 3 rings (SSSR count). The number of ether oxygens (including phenoxy) is 1. The zero-order valence-corrected chi connectivity index (χ0v) is 16.3. The molecule has 0 bridgehead atoms. The number of rotatable bonds is 7. The van der Waals surface area contributed by atoms with Gasteiger partial charge in [-0.05, 0) is 25.1 Å². The molecule has 1 amide bonds. The first-order valence-corrected chi connectivity index (χ1v) is 9.17. The number of benzene rings is 2. The molecular weight excluding hydrogens is 410 g/mol. The van der Waals surface area contributed by atoms with Gasteiger partial charge in [-0.2, -0.15) is 0 Å². The Bertz CT molecular complexity index is 1080. The summed E-state index contributed by atoms with van der Waals surface area (Å²) in [5, 5.41) is 21.8. The molecule has 0 aromatic heterocycles. The molecule has 0 radical (unpaired) electrons. The number of nitro benzene ring substituents is 2. The molecule has 2 aromatic carbocycles. The molecule has 1 atom stereocenters. The van der Waals surface area contributed by atoms with E-state index in [0.717, 1.165) is 0 Å². The quantitative estimate of drug-likeness (QED) is 0.283. The van der Waals surface area contributed by atoms with E-state index >= 15 is 0 Å². The molecule has 2 aromatic rings. The number of hydrogen-bond donors (Lipinski definition) is 0. The lowest BCUT2D eigenvalue weighted by Gasteiger charge is -2.16. The predicted octanol–water partition coefficient (Wildman–Crippen LogP) is 2.59. The average molecular weight is 427 g/mol. The first-order chi connectivity index (χ1) is 14.7. The van der Waals surface area contributed by atoms with Crippen molar-refractivity contribution in [3.63, 3.8) is 0 Å². The number of carbonyl (C=O) groups is 3. The summed E-state index contributed by atoms with van der Waals surface area (Å²) in [6, 6.07) is 9.23. The average Bonchev–Trinajstić information content (AvgIpc) is 3.13. The Hall–Kier alpha value is -4.15. The number of amides is 1. The van der Waals surface area contributed by atoms with Crippen LogP contribution in [-0.2, 0) is 14.3 Å². The maximum Gasteiger partial charge on any atom is 0.311 e. The van der Waals surface area contributed by atoms with Crippen molar-refractivity contribution >= 4 is 34.7 Å². The number of esters is 1. The van der Waals surface area contributed by atoms with Gasteiger partial charge in [-0.25, -0.2) is 0 Å². The second-order valence-corrected chi connectivity index (χ2v) is 6.97. The van der Waals surface area contributed by atoms with Gasteiger partial charge in [0.1, 0.15) is 0 Å².